The van der Waals surface area contributed by atoms with E-state index in [1.807, 2.05) is 0 Å². The van der Waals surface area contributed by atoms with Crippen LogP contribution in [0.5, 0.6) is 0 Å². The largest absolute Gasteiger partial charge is 0.481 e. The predicted molar refractivity (Wildman–Crippen MR) is 69.4 cm³/mol. The number of aliphatic carboxylic acids is 1. The zero-order valence-corrected chi connectivity index (χ0v) is 11.4. The van der Waals surface area contributed by atoms with Crippen LogP contribution < -0.4 is 5.32 Å². The third-order valence-corrected chi connectivity index (χ3v) is 4.65. The lowest BCUT2D eigenvalue weighted by molar-refractivity contribution is -0.140. The van der Waals surface area contributed by atoms with Crippen LogP contribution in [0, 0.1) is 17.8 Å². The van der Waals surface area contributed by atoms with E-state index in [9.17, 15) is 14.7 Å². The molecule has 0 saturated heterocycles. The predicted octanol–water partition coefficient (Wildman–Crippen LogP) is 1.15. The Labute approximate surface area is 113 Å². The Morgan fingerprint density at radius 2 is 1.89 bits per heavy atom. The van der Waals surface area contributed by atoms with Crippen molar-refractivity contribution in [1.29, 1.82) is 0 Å². The van der Waals surface area contributed by atoms with Crippen LogP contribution in [0.1, 0.15) is 45.4 Å². The number of carboxylic acid groups (broad SMARTS) is 1. The summed E-state index contributed by atoms with van der Waals surface area (Å²) in [5.41, 5.74) is -0.797. The molecule has 2 fully saturated rings. The molecule has 0 heterocycles. The Morgan fingerprint density at radius 1 is 1.26 bits per heavy atom. The first kappa shape index (κ1) is 14.3. The van der Waals surface area contributed by atoms with E-state index in [1.165, 1.54) is 0 Å². The van der Waals surface area contributed by atoms with Gasteiger partial charge < -0.3 is 15.5 Å². The summed E-state index contributed by atoms with van der Waals surface area (Å²) >= 11 is 0. The van der Waals surface area contributed by atoms with E-state index in [1.54, 1.807) is 0 Å². The van der Waals surface area contributed by atoms with Gasteiger partial charge in [-0.25, -0.2) is 0 Å². The second-order valence-corrected chi connectivity index (χ2v) is 6.08. The lowest BCUT2D eigenvalue weighted by atomic mass is 9.78. The van der Waals surface area contributed by atoms with E-state index < -0.39 is 23.4 Å². The Kier molecular flexibility index (Phi) is 4.13. The molecule has 0 aliphatic heterocycles. The van der Waals surface area contributed by atoms with Crippen molar-refractivity contribution in [3.63, 3.8) is 0 Å². The van der Waals surface area contributed by atoms with Crippen molar-refractivity contribution in [2.45, 2.75) is 51.0 Å². The molecular formula is C14H23NO4. The van der Waals surface area contributed by atoms with Gasteiger partial charge in [0.15, 0.2) is 0 Å². The van der Waals surface area contributed by atoms with Gasteiger partial charge in [-0.1, -0.05) is 13.3 Å². The van der Waals surface area contributed by atoms with Crippen molar-refractivity contribution in [3.05, 3.63) is 0 Å². The molecule has 0 unspecified atom stereocenters. The summed E-state index contributed by atoms with van der Waals surface area (Å²) < 4.78 is 0. The monoisotopic (exact) mass is 269 g/mol. The molecule has 5 nitrogen and oxygen atoms in total. The van der Waals surface area contributed by atoms with Gasteiger partial charge in [-0.05, 0) is 38.0 Å². The van der Waals surface area contributed by atoms with Gasteiger partial charge in [0, 0.05) is 6.54 Å². The number of carbonyl (C=O) groups is 2. The molecule has 2 aliphatic carbocycles. The van der Waals surface area contributed by atoms with E-state index in [4.69, 9.17) is 5.11 Å². The van der Waals surface area contributed by atoms with Gasteiger partial charge >= 0.3 is 5.97 Å². The highest BCUT2D eigenvalue weighted by Gasteiger charge is 2.48. The van der Waals surface area contributed by atoms with E-state index in [-0.39, 0.29) is 12.5 Å². The number of amides is 1. The minimum absolute atomic E-state index is 0.224. The minimum atomic E-state index is -0.901. The fourth-order valence-corrected chi connectivity index (χ4v) is 2.94. The molecule has 0 aromatic carbocycles. The van der Waals surface area contributed by atoms with Crippen LogP contribution in [-0.2, 0) is 9.59 Å². The molecule has 3 N–H and O–H groups in total. The molecule has 2 aliphatic rings. The molecule has 0 bridgehead atoms. The summed E-state index contributed by atoms with van der Waals surface area (Å²) in [6, 6.07) is 0. The molecule has 19 heavy (non-hydrogen) atoms. The van der Waals surface area contributed by atoms with E-state index in [2.05, 4.69) is 12.2 Å². The number of hydrogen-bond acceptors (Lipinski definition) is 3. The number of aliphatic hydroxyl groups is 1. The number of carbonyl (C=O) groups excluding carboxylic acids is 1. The van der Waals surface area contributed by atoms with Gasteiger partial charge in [0.2, 0.25) is 5.91 Å². The van der Waals surface area contributed by atoms with Gasteiger partial charge in [-0.15, -0.1) is 0 Å². The molecular weight excluding hydrogens is 246 g/mol. The molecule has 2 rings (SSSR count). The lowest BCUT2D eigenvalue weighted by Gasteiger charge is -2.35. The molecule has 0 aromatic heterocycles. The average Bonchev–Trinajstić information content (AvgIpc) is 3.17. The van der Waals surface area contributed by atoms with Crippen LogP contribution in [0.25, 0.3) is 0 Å². The summed E-state index contributed by atoms with van der Waals surface area (Å²) in [7, 11) is 0. The molecule has 0 spiro atoms. The molecule has 5 heteroatoms. The third-order valence-electron chi connectivity index (χ3n) is 4.65. The van der Waals surface area contributed by atoms with Crippen LogP contribution >= 0.6 is 0 Å². The molecule has 0 aromatic rings. The van der Waals surface area contributed by atoms with E-state index in [0.717, 1.165) is 32.1 Å². The molecule has 108 valence electrons. The van der Waals surface area contributed by atoms with Crippen LogP contribution in [0.15, 0.2) is 0 Å². The maximum absolute atomic E-state index is 11.7. The van der Waals surface area contributed by atoms with Crippen molar-refractivity contribution in [2.24, 2.45) is 17.8 Å². The van der Waals surface area contributed by atoms with Crippen molar-refractivity contribution < 1.29 is 19.8 Å². The fourth-order valence-electron chi connectivity index (χ4n) is 2.94. The number of nitrogens with one attached hydrogen (secondary N) is 1. The summed E-state index contributed by atoms with van der Waals surface area (Å²) in [5, 5.41) is 21.9. The summed E-state index contributed by atoms with van der Waals surface area (Å²) in [6.07, 6.45) is 5.02. The quantitative estimate of drug-likeness (QED) is 0.699. The SMILES string of the molecule is CCC1CCC(O)(CNC(=O)[C@@H]2C[C@@H]2C(=O)O)CC1. The Balaban J connectivity index is 1.73. The van der Waals surface area contributed by atoms with Gasteiger partial charge in [-0.2, -0.15) is 0 Å². The summed E-state index contributed by atoms with van der Waals surface area (Å²) in [4.78, 5) is 22.4. The summed E-state index contributed by atoms with van der Waals surface area (Å²) in [6.45, 7) is 2.42. The number of carboxylic acids is 1. The molecule has 2 atom stereocenters. The highest BCUT2D eigenvalue weighted by Crippen LogP contribution is 2.39. The molecule has 0 radical (unpaired) electrons. The molecule has 2 saturated carbocycles. The lowest BCUT2D eigenvalue weighted by Crippen LogP contribution is -2.45. The van der Waals surface area contributed by atoms with Crippen molar-refractivity contribution in [3.8, 4) is 0 Å². The first-order valence-electron chi connectivity index (χ1n) is 7.18. The first-order valence-corrected chi connectivity index (χ1v) is 7.18. The average molecular weight is 269 g/mol. The molecule has 1 amide bonds. The highest BCUT2D eigenvalue weighted by atomic mass is 16.4. The van der Waals surface area contributed by atoms with Crippen molar-refractivity contribution in [1.82, 2.24) is 5.32 Å². The van der Waals surface area contributed by atoms with Crippen molar-refractivity contribution in [2.75, 3.05) is 6.54 Å². The maximum Gasteiger partial charge on any atom is 0.307 e. The van der Waals surface area contributed by atoms with E-state index in [0.29, 0.717) is 12.3 Å². The zero-order chi connectivity index (χ0) is 14.0. The first-order chi connectivity index (χ1) is 8.95. The minimum Gasteiger partial charge on any atom is -0.481 e. The van der Waals surface area contributed by atoms with Gasteiger partial charge in [-0.3, -0.25) is 9.59 Å². The van der Waals surface area contributed by atoms with Crippen LogP contribution in [0.4, 0.5) is 0 Å². The Hall–Kier alpha value is -1.10. The Morgan fingerprint density at radius 3 is 2.37 bits per heavy atom. The standard InChI is InChI=1S/C14H23NO4/c1-2-9-3-5-14(19,6-4-9)8-15-12(16)10-7-11(10)13(17)18/h9-11,19H,2-8H2,1H3,(H,15,16)(H,17,18)/t9?,10-,11+,14?/m1/s1. The topological polar surface area (TPSA) is 86.6 Å². The van der Waals surface area contributed by atoms with Crippen LogP contribution in [0.3, 0.4) is 0 Å². The van der Waals surface area contributed by atoms with Gasteiger partial charge in [0.25, 0.3) is 0 Å². The van der Waals surface area contributed by atoms with Crippen LogP contribution in [0.2, 0.25) is 0 Å². The number of rotatable bonds is 5. The summed E-state index contributed by atoms with van der Waals surface area (Å²) in [5.74, 6) is -1.35. The Bertz CT molecular complexity index is 360. The highest BCUT2D eigenvalue weighted by molar-refractivity contribution is 5.89. The van der Waals surface area contributed by atoms with Crippen molar-refractivity contribution >= 4 is 11.9 Å². The fraction of sp³-hybridized carbons (Fsp3) is 0.857. The van der Waals surface area contributed by atoms with E-state index >= 15 is 0 Å². The van der Waals surface area contributed by atoms with Gasteiger partial charge in [0.05, 0.1) is 17.4 Å². The second-order valence-electron chi connectivity index (χ2n) is 6.08. The van der Waals surface area contributed by atoms with Crippen LogP contribution in [-0.4, -0.2) is 34.2 Å². The second kappa shape index (κ2) is 5.49. The normalized spacial score (nSPS) is 37.7. The van der Waals surface area contributed by atoms with Gasteiger partial charge in [0.1, 0.15) is 0 Å². The number of hydrogen-bond donors (Lipinski definition) is 3. The third kappa shape index (κ3) is 3.47. The maximum atomic E-state index is 11.7. The smallest absolute Gasteiger partial charge is 0.307 e. The zero-order valence-electron chi connectivity index (χ0n) is 11.4.